The Kier molecular flexibility index (Phi) is 4.27. The number of rotatable bonds is 4. The molecular weight excluding hydrogens is 358 g/mol. The molecule has 26 heavy (non-hydrogen) atoms. The van der Waals surface area contributed by atoms with Crippen LogP contribution >= 0.6 is 0 Å². The number of amides is 1. The fraction of sp³-hybridized carbons (Fsp3) is 0.235. The lowest BCUT2D eigenvalue weighted by atomic mass is 10.1. The maximum Gasteiger partial charge on any atom is 0.267 e. The van der Waals surface area contributed by atoms with Crippen molar-refractivity contribution in [3.63, 3.8) is 0 Å². The van der Waals surface area contributed by atoms with Crippen molar-refractivity contribution in [1.29, 1.82) is 0 Å². The molecule has 9 heteroatoms. The summed E-state index contributed by atoms with van der Waals surface area (Å²) in [5.41, 5.74) is 7.36. The van der Waals surface area contributed by atoms with Gasteiger partial charge in [-0.15, -0.1) is 0 Å². The van der Waals surface area contributed by atoms with Gasteiger partial charge < -0.3 is 29.3 Å². The van der Waals surface area contributed by atoms with Crippen LogP contribution in [-0.2, 0) is 15.8 Å². The van der Waals surface area contributed by atoms with Gasteiger partial charge in [0.05, 0.1) is 30.1 Å². The zero-order chi connectivity index (χ0) is 18.3. The number of carbonyl (C=O) groups excluding carboxylic acids is 1. The Labute approximate surface area is 151 Å². The Morgan fingerprint density at radius 2 is 2.04 bits per heavy atom. The molecule has 8 nitrogen and oxygen atoms in total. The number of primary amides is 1. The number of anilines is 1. The van der Waals surface area contributed by atoms with E-state index in [9.17, 15) is 13.6 Å². The highest BCUT2D eigenvalue weighted by Gasteiger charge is 2.28. The van der Waals surface area contributed by atoms with Crippen molar-refractivity contribution in [2.24, 2.45) is 5.73 Å². The Morgan fingerprint density at radius 3 is 2.65 bits per heavy atom. The van der Waals surface area contributed by atoms with Gasteiger partial charge >= 0.3 is 0 Å². The number of fused-ring (bicyclic) bond motifs is 1. The van der Waals surface area contributed by atoms with Crippen LogP contribution in [0, 0.1) is 0 Å². The summed E-state index contributed by atoms with van der Waals surface area (Å²) in [6.07, 6.45) is 1.50. The standard InChI is InChI=1S/C17H17N3O5S/c18-17(21)14-15(20-5-8-24-9-6-20)13-11(19-14)4-3-10(16(13)26(22)23)12-2-1-7-25-12/h1-4,7,19H,5-6,8-9H2,(H2,18,21)(H,22,23). The first-order valence-electron chi connectivity index (χ1n) is 8.04. The van der Waals surface area contributed by atoms with Gasteiger partial charge in [-0.25, -0.2) is 4.21 Å². The average molecular weight is 375 g/mol. The number of nitrogens with one attached hydrogen (secondary N) is 1. The molecule has 3 aromatic rings. The van der Waals surface area contributed by atoms with Gasteiger partial charge in [0.25, 0.3) is 5.91 Å². The molecule has 1 atom stereocenters. The van der Waals surface area contributed by atoms with E-state index in [2.05, 4.69) is 4.98 Å². The SMILES string of the molecule is NC(=O)c1[nH]c2ccc(-c3ccco3)c(S(=O)O)c2c1N1CCOCC1. The van der Waals surface area contributed by atoms with Gasteiger partial charge in [-0.05, 0) is 24.3 Å². The van der Waals surface area contributed by atoms with E-state index in [0.29, 0.717) is 54.2 Å². The van der Waals surface area contributed by atoms with Gasteiger partial charge in [-0.3, -0.25) is 4.79 Å². The molecule has 1 aliphatic rings. The predicted molar refractivity (Wildman–Crippen MR) is 96.6 cm³/mol. The zero-order valence-corrected chi connectivity index (χ0v) is 14.5. The summed E-state index contributed by atoms with van der Waals surface area (Å²) < 4.78 is 33.1. The van der Waals surface area contributed by atoms with Gasteiger partial charge in [0, 0.05) is 29.6 Å². The van der Waals surface area contributed by atoms with Crippen LogP contribution in [-0.4, -0.2) is 46.0 Å². The van der Waals surface area contributed by atoms with Gasteiger partial charge in [0.2, 0.25) is 0 Å². The van der Waals surface area contributed by atoms with Crippen molar-refractivity contribution in [2.75, 3.05) is 31.2 Å². The number of aromatic nitrogens is 1. The van der Waals surface area contributed by atoms with Crippen LogP contribution in [0.1, 0.15) is 10.5 Å². The van der Waals surface area contributed by atoms with E-state index >= 15 is 0 Å². The molecule has 4 N–H and O–H groups in total. The summed E-state index contributed by atoms with van der Waals surface area (Å²) in [5.74, 6) is -0.157. The van der Waals surface area contributed by atoms with Crippen LogP contribution in [0.15, 0.2) is 39.8 Å². The number of nitrogens with two attached hydrogens (primary N) is 1. The van der Waals surface area contributed by atoms with E-state index in [1.165, 1.54) is 6.26 Å². The second kappa shape index (κ2) is 6.60. The van der Waals surface area contributed by atoms with E-state index in [-0.39, 0.29) is 10.6 Å². The van der Waals surface area contributed by atoms with Gasteiger partial charge in [-0.2, -0.15) is 0 Å². The average Bonchev–Trinajstić information content (AvgIpc) is 3.29. The summed E-state index contributed by atoms with van der Waals surface area (Å²) in [7, 11) is 0. The Hall–Kier alpha value is -2.62. The number of H-pyrrole nitrogens is 1. The van der Waals surface area contributed by atoms with Crippen LogP contribution in [0.4, 0.5) is 5.69 Å². The number of nitrogens with zero attached hydrogens (tertiary/aromatic N) is 1. The number of benzene rings is 1. The summed E-state index contributed by atoms with van der Waals surface area (Å²) >= 11 is -2.30. The second-order valence-corrected chi connectivity index (χ2v) is 6.81. The lowest BCUT2D eigenvalue weighted by Crippen LogP contribution is -2.37. The second-order valence-electron chi connectivity index (χ2n) is 5.90. The highest BCUT2D eigenvalue weighted by Crippen LogP contribution is 2.40. The minimum Gasteiger partial charge on any atom is -0.464 e. The van der Waals surface area contributed by atoms with Crippen molar-refractivity contribution in [3.05, 3.63) is 36.2 Å². The number of morpholine rings is 1. The lowest BCUT2D eigenvalue weighted by Gasteiger charge is -2.29. The van der Waals surface area contributed by atoms with E-state index < -0.39 is 17.0 Å². The molecular formula is C17H17N3O5S. The molecule has 1 amide bonds. The molecule has 4 rings (SSSR count). The minimum absolute atomic E-state index is 0.183. The first kappa shape index (κ1) is 16.8. The normalized spacial score (nSPS) is 16.1. The molecule has 0 spiro atoms. The third-order valence-corrected chi connectivity index (χ3v) is 5.20. The molecule has 136 valence electrons. The van der Waals surface area contributed by atoms with Crippen molar-refractivity contribution >= 4 is 33.6 Å². The fourth-order valence-corrected chi connectivity index (χ4v) is 4.07. The fourth-order valence-electron chi connectivity index (χ4n) is 3.33. The summed E-state index contributed by atoms with van der Waals surface area (Å²) in [5, 5.41) is 0.496. The topological polar surface area (TPSA) is 122 Å². The lowest BCUT2D eigenvalue weighted by molar-refractivity contribution is 0.0994. The van der Waals surface area contributed by atoms with Crippen LogP contribution in [0.3, 0.4) is 0 Å². The smallest absolute Gasteiger partial charge is 0.267 e. The first-order valence-corrected chi connectivity index (χ1v) is 9.14. The Bertz CT molecular complexity index is 990. The molecule has 2 aromatic heterocycles. The predicted octanol–water partition coefficient (Wildman–Crippen LogP) is 1.94. The molecule has 1 fully saturated rings. The van der Waals surface area contributed by atoms with Crippen LogP contribution in [0.5, 0.6) is 0 Å². The zero-order valence-electron chi connectivity index (χ0n) is 13.7. The third-order valence-electron chi connectivity index (χ3n) is 4.43. The van der Waals surface area contributed by atoms with Gasteiger partial charge in [0.15, 0.2) is 11.1 Å². The maximum absolute atomic E-state index is 12.2. The number of furan rings is 1. The summed E-state index contributed by atoms with van der Waals surface area (Å²) in [6.45, 7) is 2.10. The van der Waals surface area contributed by atoms with E-state index in [4.69, 9.17) is 14.9 Å². The van der Waals surface area contributed by atoms with Crippen LogP contribution in [0.2, 0.25) is 0 Å². The van der Waals surface area contributed by atoms with E-state index in [1.807, 2.05) is 4.90 Å². The van der Waals surface area contributed by atoms with Gasteiger partial charge in [0.1, 0.15) is 11.5 Å². The van der Waals surface area contributed by atoms with Crippen LogP contribution in [0.25, 0.3) is 22.2 Å². The number of hydrogen-bond acceptors (Lipinski definition) is 5. The molecule has 0 aliphatic carbocycles. The largest absolute Gasteiger partial charge is 0.464 e. The molecule has 3 heterocycles. The van der Waals surface area contributed by atoms with Crippen molar-refractivity contribution in [3.8, 4) is 11.3 Å². The molecule has 1 aliphatic heterocycles. The molecule has 0 radical (unpaired) electrons. The van der Waals surface area contributed by atoms with Crippen molar-refractivity contribution in [2.45, 2.75) is 4.90 Å². The highest BCUT2D eigenvalue weighted by molar-refractivity contribution is 7.79. The van der Waals surface area contributed by atoms with Gasteiger partial charge in [-0.1, -0.05) is 0 Å². The monoisotopic (exact) mass is 375 g/mol. The van der Waals surface area contributed by atoms with Crippen molar-refractivity contribution in [1.82, 2.24) is 4.98 Å². The quantitative estimate of drug-likeness (QED) is 0.599. The van der Waals surface area contributed by atoms with E-state index in [0.717, 1.165) is 0 Å². The third kappa shape index (κ3) is 2.70. The van der Waals surface area contributed by atoms with Crippen LogP contribution < -0.4 is 10.6 Å². The maximum atomic E-state index is 12.2. The summed E-state index contributed by atoms with van der Waals surface area (Å²) in [4.78, 5) is 17.1. The number of ether oxygens (including phenoxy) is 1. The Balaban J connectivity index is 2.06. The first-order chi connectivity index (χ1) is 12.6. The van der Waals surface area contributed by atoms with E-state index in [1.54, 1.807) is 24.3 Å². The Morgan fingerprint density at radius 1 is 1.27 bits per heavy atom. The molecule has 0 saturated carbocycles. The number of aromatic amines is 1. The molecule has 1 aromatic carbocycles. The number of hydrogen-bond donors (Lipinski definition) is 3. The molecule has 1 unspecified atom stereocenters. The van der Waals surface area contributed by atoms with Crippen molar-refractivity contribution < 1.29 is 22.7 Å². The highest BCUT2D eigenvalue weighted by atomic mass is 32.2. The number of carbonyl (C=O) groups is 1. The molecule has 1 saturated heterocycles. The minimum atomic E-state index is -2.30. The molecule has 0 bridgehead atoms. The summed E-state index contributed by atoms with van der Waals surface area (Å²) in [6, 6.07) is 6.86.